The molecule has 3 aromatic rings. The summed E-state index contributed by atoms with van der Waals surface area (Å²) in [5.41, 5.74) is 3.17. The van der Waals surface area contributed by atoms with Gasteiger partial charge in [0.05, 0.1) is 0 Å². The van der Waals surface area contributed by atoms with Gasteiger partial charge in [-0.2, -0.15) is 0 Å². The lowest BCUT2D eigenvalue weighted by Gasteiger charge is -2.05. The SMILES string of the molecule is Cc1ccc(NC(=O)OCc2cc(-c3ccc(Cl)cc3)on2)cc1. The number of hydrogen-bond acceptors (Lipinski definition) is 4. The molecule has 1 amide bonds. The van der Waals surface area contributed by atoms with Crippen LogP contribution < -0.4 is 5.32 Å². The van der Waals surface area contributed by atoms with E-state index < -0.39 is 6.09 Å². The molecular formula is C18H15ClN2O3. The number of aromatic nitrogens is 1. The van der Waals surface area contributed by atoms with Crippen LogP contribution in [0.2, 0.25) is 5.02 Å². The Bertz CT molecular complexity index is 826. The molecule has 0 radical (unpaired) electrons. The van der Waals surface area contributed by atoms with E-state index in [0.717, 1.165) is 11.1 Å². The minimum absolute atomic E-state index is 0.0226. The Labute approximate surface area is 144 Å². The summed E-state index contributed by atoms with van der Waals surface area (Å²) in [6.45, 7) is 2.00. The molecule has 0 saturated heterocycles. The van der Waals surface area contributed by atoms with Gasteiger partial charge in [0.1, 0.15) is 12.3 Å². The van der Waals surface area contributed by atoms with E-state index in [1.54, 1.807) is 18.2 Å². The van der Waals surface area contributed by atoms with E-state index in [1.165, 1.54) is 0 Å². The topological polar surface area (TPSA) is 64.4 Å². The minimum Gasteiger partial charge on any atom is -0.443 e. The lowest BCUT2D eigenvalue weighted by molar-refractivity contribution is 0.152. The average molecular weight is 343 g/mol. The van der Waals surface area contributed by atoms with Crippen molar-refractivity contribution < 1.29 is 14.1 Å². The number of aryl methyl sites for hydroxylation is 1. The molecule has 0 saturated carbocycles. The number of nitrogens with zero attached hydrogens (tertiary/aromatic N) is 1. The molecule has 0 aliphatic heterocycles. The standard InChI is InChI=1S/C18H15ClN2O3/c1-12-2-8-15(9-3-12)20-18(22)23-11-16-10-17(24-21-16)13-4-6-14(19)7-5-13/h2-10H,11H2,1H3,(H,20,22). The average Bonchev–Trinajstić information content (AvgIpc) is 3.05. The summed E-state index contributed by atoms with van der Waals surface area (Å²) in [5, 5.41) is 7.19. The minimum atomic E-state index is -0.546. The summed E-state index contributed by atoms with van der Waals surface area (Å²) in [6, 6.07) is 16.4. The van der Waals surface area contributed by atoms with Gasteiger partial charge in [-0.3, -0.25) is 5.32 Å². The van der Waals surface area contributed by atoms with Crippen LogP contribution in [-0.2, 0) is 11.3 Å². The second kappa shape index (κ2) is 7.19. The number of anilines is 1. The molecule has 5 nitrogen and oxygen atoms in total. The zero-order valence-corrected chi connectivity index (χ0v) is 13.7. The molecule has 0 bridgehead atoms. The van der Waals surface area contributed by atoms with Crippen LogP contribution >= 0.6 is 11.6 Å². The van der Waals surface area contributed by atoms with Gasteiger partial charge < -0.3 is 9.26 Å². The van der Waals surface area contributed by atoms with Crippen LogP contribution in [0.15, 0.2) is 59.1 Å². The van der Waals surface area contributed by atoms with Crippen LogP contribution in [0.4, 0.5) is 10.5 Å². The molecule has 122 valence electrons. The fraction of sp³-hybridized carbons (Fsp3) is 0.111. The smallest absolute Gasteiger partial charge is 0.412 e. The predicted octanol–water partition coefficient (Wildman–Crippen LogP) is 5.05. The first-order chi connectivity index (χ1) is 11.6. The fourth-order valence-corrected chi connectivity index (χ4v) is 2.19. The van der Waals surface area contributed by atoms with Crippen LogP contribution in [0.1, 0.15) is 11.3 Å². The number of amides is 1. The van der Waals surface area contributed by atoms with Crippen molar-refractivity contribution in [1.82, 2.24) is 5.16 Å². The van der Waals surface area contributed by atoms with Crippen molar-refractivity contribution in [2.45, 2.75) is 13.5 Å². The highest BCUT2D eigenvalue weighted by Gasteiger charge is 2.09. The van der Waals surface area contributed by atoms with Gasteiger partial charge >= 0.3 is 6.09 Å². The normalized spacial score (nSPS) is 10.4. The summed E-state index contributed by atoms with van der Waals surface area (Å²) >= 11 is 5.85. The monoisotopic (exact) mass is 342 g/mol. The Hall–Kier alpha value is -2.79. The van der Waals surface area contributed by atoms with E-state index >= 15 is 0 Å². The largest absolute Gasteiger partial charge is 0.443 e. The first kappa shape index (κ1) is 16.1. The van der Waals surface area contributed by atoms with E-state index in [4.69, 9.17) is 20.9 Å². The van der Waals surface area contributed by atoms with Gasteiger partial charge in [-0.15, -0.1) is 0 Å². The van der Waals surface area contributed by atoms with Crippen molar-refractivity contribution in [3.05, 3.63) is 70.9 Å². The van der Waals surface area contributed by atoms with Gasteiger partial charge in [-0.1, -0.05) is 34.5 Å². The van der Waals surface area contributed by atoms with Crippen molar-refractivity contribution in [1.29, 1.82) is 0 Å². The zero-order chi connectivity index (χ0) is 16.9. The van der Waals surface area contributed by atoms with Gasteiger partial charge in [0, 0.05) is 22.3 Å². The molecular weight excluding hydrogens is 328 g/mol. The Morgan fingerprint density at radius 1 is 1.17 bits per heavy atom. The molecule has 1 N–H and O–H groups in total. The molecule has 1 heterocycles. The van der Waals surface area contributed by atoms with Crippen molar-refractivity contribution in [3.63, 3.8) is 0 Å². The molecule has 2 aromatic carbocycles. The molecule has 0 atom stereocenters. The molecule has 0 fully saturated rings. The highest BCUT2D eigenvalue weighted by molar-refractivity contribution is 6.30. The summed E-state index contributed by atoms with van der Waals surface area (Å²) in [6.07, 6.45) is -0.546. The first-order valence-corrected chi connectivity index (χ1v) is 7.70. The number of carbonyl (C=O) groups is 1. The summed E-state index contributed by atoms with van der Waals surface area (Å²) < 4.78 is 10.4. The van der Waals surface area contributed by atoms with E-state index in [9.17, 15) is 4.79 Å². The lowest BCUT2D eigenvalue weighted by atomic mass is 10.2. The van der Waals surface area contributed by atoms with Gasteiger partial charge in [0.2, 0.25) is 0 Å². The van der Waals surface area contributed by atoms with Crippen LogP contribution in [0.5, 0.6) is 0 Å². The van der Waals surface area contributed by atoms with Crippen LogP contribution in [0, 0.1) is 6.92 Å². The first-order valence-electron chi connectivity index (χ1n) is 7.32. The van der Waals surface area contributed by atoms with Crippen molar-refractivity contribution in [2.24, 2.45) is 0 Å². The molecule has 24 heavy (non-hydrogen) atoms. The third-order valence-corrected chi connectivity index (χ3v) is 3.59. The number of nitrogens with one attached hydrogen (secondary N) is 1. The van der Waals surface area contributed by atoms with Crippen LogP contribution in [0.25, 0.3) is 11.3 Å². The molecule has 0 unspecified atom stereocenters. The number of hydrogen-bond donors (Lipinski definition) is 1. The van der Waals surface area contributed by atoms with Gasteiger partial charge in [0.15, 0.2) is 5.76 Å². The highest BCUT2D eigenvalue weighted by Crippen LogP contribution is 2.22. The van der Waals surface area contributed by atoms with Crippen molar-refractivity contribution in [2.75, 3.05) is 5.32 Å². The second-order valence-corrected chi connectivity index (χ2v) is 5.69. The number of halogens is 1. The second-order valence-electron chi connectivity index (χ2n) is 5.26. The number of rotatable bonds is 4. The Kier molecular flexibility index (Phi) is 4.82. The third-order valence-electron chi connectivity index (χ3n) is 3.34. The fourth-order valence-electron chi connectivity index (χ4n) is 2.06. The number of ether oxygens (including phenoxy) is 1. The van der Waals surface area contributed by atoms with E-state index in [-0.39, 0.29) is 6.61 Å². The number of benzene rings is 2. The van der Waals surface area contributed by atoms with E-state index in [1.807, 2.05) is 43.3 Å². The van der Waals surface area contributed by atoms with Crippen molar-refractivity contribution >= 4 is 23.4 Å². The summed E-state index contributed by atoms with van der Waals surface area (Å²) in [7, 11) is 0. The molecule has 0 spiro atoms. The summed E-state index contributed by atoms with van der Waals surface area (Å²) in [5.74, 6) is 0.587. The molecule has 6 heteroatoms. The maximum Gasteiger partial charge on any atom is 0.412 e. The molecule has 3 rings (SSSR count). The van der Waals surface area contributed by atoms with Crippen molar-refractivity contribution in [3.8, 4) is 11.3 Å². The van der Waals surface area contributed by atoms with E-state index in [2.05, 4.69) is 10.5 Å². The maximum atomic E-state index is 11.8. The van der Waals surface area contributed by atoms with Gasteiger partial charge in [0.25, 0.3) is 0 Å². The Balaban J connectivity index is 1.56. The number of carbonyl (C=O) groups excluding carboxylic acids is 1. The van der Waals surface area contributed by atoms with Gasteiger partial charge in [-0.25, -0.2) is 4.79 Å². The van der Waals surface area contributed by atoms with Crippen LogP contribution in [0.3, 0.4) is 0 Å². The highest BCUT2D eigenvalue weighted by atomic mass is 35.5. The molecule has 0 aliphatic carbocycles. The van der Waals surface area contributed by atoms with Gasteiger partial charge in [-0.05, 0) is 43.3 Å². The lowest BCUT2D eigenvalue weighted by Crippen LogP contribution is -2.13. The summed E-state index contributed by atoms with van der Waals surface area (Å²) in [4.78, 5) is 11.8. The predicted molar refractivity (Wildman–Crippen MR) is 91.9 cm³/mol. The van der Waals surface area contributed by atoms with Crippen LogP contribution in [-0.4, -0.2) is 11.2 Å². The Morgan fingerprint density at radius 3 is 2.58 bits per heavy atom. The zero-order valence-electron chi connectivity index (χ0n) is 13.0. The molecule has 0 aliphatic rings. The maximum absolute atomic E-state index is 11.8. The van der Waals surface area contributed by atoms with E-state index in [0.29, 0.717) is 22.2 Å². The third kappa shape index (κ3) is 4.14. The Morgan fingerprint density at radius 2 is 1.88 bits per heavy atom. The quantitative estimate of drug-likeness (QED) is 0.720. The molecule has 1 aromatic heterocycles.